The summed E-state index contributed by atoms with van der Waals surface area (Å²) in [5.74, 6) is 2.85. The van der Waals surface area contributed by atoms with Crippen LogP contribution in [0.3, 0.4) is 0 Å². The highest BCUT2D eigenvalue weighted by molar-refractivity contribution is 5.93. The molecule has 4 rings (SSSR count). The Morgan fingerprint density at radius 2 is 1.89 bits per heavy atom. The molecule has 0 spiro atoms. The number of anilines is 2. The highest BCUT2D eigenvalue weighted by Gasteiger charge is 2.15. The monoisotopic (exact) mass is 474 g/mol. The Morgan fingerprint density at radius 3 is 2.60 bits per heavy atom. The average molecular weight is 475 g/mol. The summed E-state index contributed by atoms with van der Waals surface area (Å²) in [4.78, 5) is 21.7. The Kier molecular flexibility index (Phi) is 6.86. The van der Waals surface area contributed by atoms with Crippen LogP contribution in [0, 0.1) is 0 Å². The van der Waals surface area contributed by atoms with E-state index >= 15 is 0 Å². The van der Waals surface area contributed by atoms with Crippen molar-refractivity contribution in [2.75, 3.05) is 11.9 Å². The van der Waals surface area contributed by atoms with Crippen LogP contribution in [-0.4, -0.2) is 44.3 Å². The minimum absolute atomic E-state index is 0.0450. The number of aromatic nitrogens is 4. The zero-order valence-electron chi connectivity index (χ0n) is 20.5. The van der Waals surface area contributed by atoms with Crippen LogP contribution in [-0.2, 0) is 4.79 Å². The molecule has 3 N–H and O–H groups in total. The van der Waals surface area contributed by atoms with E-state index in [0.29, 0.717) is 23.2 Å². The Morgan fingerprint density at radius 1 is 1.06 bits per heavy atom. The fourth-order valence-corrected chi connectivity index (χ4v) is 3.46. The Bertz CT molecular complexity index is 1310. The third-order valence-corrected chi connectivity index (χ3v) is 4.76. The van der Waals surface area contributed by atoms with E-state index in [-0.39, 0.29) is 24.2 Å². The Balaban J connectivity index is 1.66. The van der Waals surface area contributed by atoms with Crippen LogP contribution in [0.25, 0.3) is 22.3 Å². The standard InChI is InChI=1S/C26H30N6O3/c1-16(2)35-19-9-10-21-20(14-19)25(29-22-11-12-27-32-22)30-24(28-21)17-7-6-8-18(13-17)34-15-23(33)31-26(3,4)5/h6-14,16H,15H2,1-5H3,(H,31,33)(H2,27,28,29,30,32). The molecule has 0 saturated heterocycles. The maximum atomic E-state index is 12.1. The topological polar surface area (TPSA) is 114 Å². The van der Waals surface area contributed by atoms with E-state index in [9.17, 15) is 4.79 Å². The smallest absolute Gasteiger partial charge is 0.258 e. The lowest BCUT2D eigenvalue weighted by atomic mass is 10.1. The van der Waals surface area contributed by atoms with Crippen molar-refractivity contribution in [2.45, 2.75) is 46.3 Å². The number of nitrogens with zero attached hydrogens (tertiary/aromatic N) is 3. The molecule has 2 heterocycles. The molecule has 0 radical (unpaired) electrons. The van der Waals surface area contributed by atoms with Crippen LogP contribution < -0.4 is 20.1 Å². The van der Waals surface area contributed by atoms with Crippen molar-refractivity contribution in [3.05, 3.63) is 54.7 Å². The second-order valence-electron chi connectivity index (χ2n) is 9.44. The van der Waals surface area contributed by atoms with E-state index in [0.717, 1.165) is 22.2 Å². The lowest BCUT2D eigenvalue weighted by molar-refractivity contribution is -0.124. The number of H-pyrrole nitrogens is 1. The Hall–Kier alpha value is -4.14. The number of carbonyl (C=O) groups is 1. The lowest BCUT2D eigenvalue weighted by Crippen LogP contribution is -2.43. The van der Waals surface area contributed by atoms with Crippen LogP contribution >= 0.6 is 0 Å². The molecule has 2 aromatic carbocycles. The number of hydrogen-bond acceptors (Lipinski definition) is 7. The summed E-state index contributed by atoms with van der Waals surface area (Å²) in [5.41, 5.74) is 1.19. The minimum Gasteiger partial charge on any atom is -0.491 e. The summed E-state index contributed by atoms with van der Waals surface area (Å²) in [5, 5.41) is 13.9. The normalized spacial score (nSPS) is 11.5. The zero-order chi connectivity index (χ0) is 25.0. The van der Waals surface area contributed by atoms with Gasteiger partial charge < -0.3 is 20.1 Å². The molecule has 0 aliphatic carbocycles. The van der Waals surface area contributed by atoms with Crippen molar-refractivity contribution >= 4 is 28.4 Å². The third kappa shape index (κ3) is 6.47. The molecule has 182 valence electrons. The number of benzene rings is 2. The fourth-order valence-electron chi connectivity index (χ4n) is 3.46. The number of hydrogen-bond donors (Lipinski definition) is 3. The summed E-state index contributed by atoms with van der Waals surface area (Å²) in [6, 6.07) is 14.9. The van der Waals surface area contributed by atoms with E-state index in [2.05, 4.69) is 20.8 Å². The van der Waals surface area contributed by atoms with E-state index < -0.39 is 0 Å². The van der Waals surface area contributed by atoms with Gasteiger partial charge in [-0.15, -0.1) is 0 Å². The predicted molar refractivity (Wildman–Crippen MR) is 136 cm³/mol. The number of nitrogens with one attached hydrogen (secondary N) is 3. The average Bonchev–Trinajstić information content (AvgIpc) is 3.30. The van der Waals surface area contributed by atoms with Gasteiger partial charge in [0.05, 0.1) is 11.6 Å². The van der Waals surface area contributed by atoms with Crippen molar-refractivity contribution in [3.63, 3.8) is 0 Å². The maximum absolute atomic E-state index is 12.1. The summed E-state index contributed by atoms with van der Waals surface area (Å²) in [6.45, 7) is 9.66. The van der Waals surface area contributed by atoms with Crippen LogP contribution in [0.1, 0.15) is 34.6 Å². The number of fused-ring (bicyclic) bond motifs is 1. The van der Waals surface area contributed by atoms with E-state index in [1.807, 2.05) is 77.1 Å². The van der Waals surface area contributed by atoms with Gasteiger partial charge in [-0.25, -0.2) is 9.97 Å². The first-order valence-corrected chi connectivity index (χ1v) is 11.5. The SMILES string of the molecule is CC(C)Oc1ccc2nc(-c3cccc(OCC(=O)NC(C)(C)C)c3)nc(Nc3cc[nH]n3)c2c1. The number of aromatic amines is 1. The minimum atomic E-state index is -0.320. The molecule has 0 bridgehead atoms. The maximum Gasteiger partial charge on any atom is 0.258 e. The molecular weight excluding hydrogens is 444 g/mol. The molecule has 2 aromatic heterocycles. The molecule has 35 heavy (non-hydrogen) atoms. The predicted octanol–water partition coefficient (Wildman–Crippen LogP) is 4.84. The number of ether oxygens (including phenoxy) is 2. The molecule has 9 nitrogen and oxygen atoms in total. The van der Waals surface area contributed by atoms with Gasteiger partial charge in [0.25, 0.3) is 5.91 Å². The largest absolute Gasteiger partial charge is 0.491 e. The van der Waals surface area contributed by atoms with Crippen LogP contribution in [0.2, 0.25) is 0 Å². The van der Waals surface area contributed by atoms with E-state index in [4.69, 9.17) is 19.4 Å². The summed E-state index contributed by atoms with van der Waals surface area (Å²) >= 11 is 0. The van der Waals surface area contributed by atoms with E-state index in [1.165, 1.54) is 0 Å². The van der Waals surface area contributed by atoms with Gasteiger partial charge in [-0.3, -0.25) is 9.89 Å². The molecule has 0 atom stereocenters. The van der Waals surface area contributed by atoms with Crippen LogP contribution in [0.4, 0.5) is 11.6 Å². The zero-order valence-corrected chi connectivity index (χ0v) is 20.5. The van der Waals surface area contributed by atoms with Gasteiger partial charge in [0.15, 0.2) is 18.2 Å². The summed E-state index contributed by atoms with van der Waals surface area (Å²) < 4.78 is 11.6. The van der Waals surface area contributed by atoms with Gasteiger partial charge in [0, 0.05) is 28.8 Å². The lowest BCUT2D eigenvalue weighted by Gasteiger charge is -2.20. The van der Waals surface area contributed by atoms with Crippen LogP contribution in [0.5, 0.6) is 11.5 Å². The van der Waals surface area contributed by atoms with Gasteiger partial charge >= 0.3 is 0 Å². The van der Waals surface area contributed by atoms with E-state index in [1.54, 1.807) is 12.3 Å². The first-order valence-electron chi connectivity index (χ1n) is 11.5. The van der Waals surface area contributed by atoms with Crippen molar-refractivity contribution < 1.29 is 14.3 Å². The first kappa shape index (κ1) is 24.0. The van der Waals surface area contributed by atoms with Gasteiger partial charge in [0.2, 0.25) is 0 Å². The molecule has 0 aliphatic heterocycles. The van der Waals surface area contributed by atoms with Crippen molar-refractivity contribution in [1.29, 1.82) is 0 Å². The van der Waals surface area contributed by atoms with Gasteiger partial charge in [-0.2, -0.15) is 5.10 Å². The summed E-state index contributed by atoms with van der Waals surface area (Å²) in [7, 11) is 0. The molecule has 0 fully saturated rings. The molecule has 9 heteroatoms. The number of carbonyl (C=O) groups excluding carboxylic acids is 1. The Labute approximate surface area is 204 Å². The second kappa shape index (κ2) is 10.0. The first-order chi connectivity index (χ1) is 16.7. The quantitative estimate of drug-likeness (QED) is 0.335. The number of rotatable bonds is 8. The van der Waals surface area contributed by atoms with Crippen molar-refractivity contribution in [2.24, 2.45) is 0 Å². The van der Waals surface area contributed by atoms with Gasteiger partial charge in [0.1, 0.15) is 17.3 Å². The molecule has 0 aliphatic rings. The van der Waals surface area contributed by atoms with Crippen molar-refractivity contribution in [3.8, 4) is 22.9 Å². The third-order valence-electron chi connectivity index (χ3n) is 4.76. The van der Waals surface area contributed by atoms with Crippen molar-refractivity contribution in [1.82, 2.24) is 25.5 Å². The molecular formula is C26H30N6O3. The fraction of sp³-hybridized carbons (Fsp3) is 0.308. The van der Waals surface area contributed by atoms with Crippen LogP contribution in [0.15, 0.2) is 54.7 Å². The highest BCUT2D eigenvalue weighted by Crippen LogP contribution is 2.31. The molecule has 4 aromatic rings. The molecule has 0 unspecified atom stereocenters. The highest BCUT2D eigenvalue weighted by atomic mass is 16.5. The molecule has 0 saturated carbocycles. The van der Waals surface area contributed by atoms with Gasteiger partial charge in [-0.05, 0) is 65.0 Å². The molecule has 1 amide bonds. The van der Waals surface area contributed by atoms with Gasteiger partial charge in [-0.1, -0.05) is 12.1 Å². The summed E-state index contributed by atoms with van der Waals surface area (Å²) in [6.07, 6.45) is 1.78. The number of amides is 1. The second-order valence-corrected chi connectivity index (χ2v) is 9.44.